The first kappa shape index (κ1) is 25.2. The molecule has 0 aromatic carbocycles. The Morgan fingerprint density at radius 1 is 1.39 bits per heavy atom. The molecule has 2 atom stereocenters. The molecule has 0 spiro atoms. The number of ether oxygens (including phenoxy) is 2. The first-order valence-corrected chi connectivity index (χ1v) is 10.0. The van der Waals surface area contributed by atoms with Crippen molar-refractivity contribution < 1.29 is 41.8 Å². The fourth-order valence-electron chi connectivity index (χ4n) is 3.75. The van der Waals surface area contributed by atoms with Gasteiger partial charge in [-0.05, 0) is 45.5 Å². The van der Waals surface area contributed by atoms with Crippen LogP contribution in [0.25, 0.3) is 0 Å². The van der Waals surface area contributed by atoms with Crippen LogP contribution in [0.4, 0.5) is 13.2 Å². The van der Waals surface area contributed by atoms with Crippen molar-refractivity contribution in [1.82, 2.24) is 9.80 Å². The van der Waals surface area contributed by atoms with Crippen molar-refractivity contribution in [2.75, 3.05) is 53.6 Å². The molecule has 1 aromatic heterocycles. The minimum Gasteiger partial charge on any atom is -0.475 e. The van der Waals surface area contributed by atoms with Gasteiger partial charge in [-0.25, -0.2) is 4.79 Å². The molecule has 3 rings (SSSR count). The van der Waals surface area contributed by atoms with E-state index < -0.39 is 12.1 Å². The molecule has 0 saturated carbocycles. The molecule has 0 aliphatic carbocycles. The van der Waals surface area contributed by atoms with E-state index in [0.29, 0.717) is 32.1 Å². The number of nitrogens with zero attached hydrogens (tertiary/aromatic N) is 2. The Morgan fingerprint density at radius 3 is 2.68 bits per heavy atom. The van der Waals surface area contributed by atoms with Crippen molar-refractivity contribution in [3.05, 3.63) is 24.2 Å². The number of alkyl halides is 3. The van der Waals surface area contributed by atoms with Crippen molar-refractivity contribution in [3.63, 3.8) is 0 Å². The number of carboxylic acids is 1. The maximum atomic E-state index is 12.6. The van der Waals surface area contributed by atoms with Crippen molar-refractivity contribution in [2.24, 2.45) is 5.41 Å². The van der Waals surface area contributed by atoms with Crippen LogP contribution in [0.15, 0.2) is 22.8 Å². The zero-order chi connectivity index (χ0) is 23.1. The first-order chi connectivity index (χ1) is 14.5. The molecule has 0 bridgehead atoms. The van der Waals surface area contributed by atoms with Gasteiger partial charge in [0.2, 0.25) is 0 Å². The highest BCUT2D eigenvalue weighted by molar-refractivity contribution is 5.91. The van der Waals surface area contributed by atoms with Gasteiger partial charge >= 0.3 is 12.1 Å². The van der Waals surface area contributed by atoms with Crippen molar-refractivity contribution in [2.45, 2.75) is 31.5 Å². The summed E-state index contributed by atoms with van der Waals surface area (Å²) in [6.45, 7) is 4.46. The molecule has 2 aliphatic rings. The molecule has 2 unspecified atom stereocenters. The molecular formula is C20H29F3N2O6. The van der Waals surface area contributed by atoms with Crippen LogP contribution >= 0.6 is 0 Å². The molecule has 3 heterocycles. The first-order valence-electron chi connectivity index (χ1n) is 10.0. The molecule has 2 aliphatic heterocycles. The van der Waals surface area contributed by atoms with Gasteiger partial charge in [-0.2, -0.15) is 13.2 Å². The number of carbonyl (C=O) groups excluding carboxylic acids is 1. The largest absolute Gasteiger partial charge is 0.490 e. The number of halogens is 3. The highest BCUT2D eigenvalue weighted by atomic mass is 19.4. The summed E-state index contributed by atoms with van der Waals surface area (Å²) in [5.74, 6) is -2.38. The van der Waals surface area contributed by atoms with Crippen LogP contribution in [0.1, 0.15) is 29.8 Å². The summed E-state index contributed by atoms with van der Waals surface area (Å²) < 4.78 is 49.0. The predicted octanol–water partition coefficient (Wildman–Crippen LogP) is 2.50. The van der Waals surface area contributed by atoms with Gasteiger partial charge in [-0.15, -0.1) is 0 Å². The van der Waals surface area contributed by atoms with Crippen LogP contribution in [-0.2, 0) is 14.3 Å². The van der Waals surface area contributed by atoms with Crippen molar-refractivity contribution in [3.8, 4) is 0 Å². The third-order valence-electron chi connectivity index (χ3n) is 5.32. The number of fused-ring (bicyclic) bond motifs is 1. The minimum absolute atomic E-state index is 0.0308. The van der Waals surface area contributed by atoms with Gasteiger partial charge < -0.3 is 28.8 Å². The molecule has 0 radical (unpaired) electrons. The van der Waals surface area contributed by atoms with Crippen LogP contribution in [0, 0.1) is 5.41 Å². The summed E-state index contributed by atoms with van der Waals surface area (Å²) in [5.41, 5.74) is -0.0922. The Morgan fingerprint density at radius 2 is 2.10 bits per heavy atom. The normalized spacial score (nSPS) is 23.7. The van der Waals surface area contributed by atoms with E-state index >= 15 is 0 Å². The fourth-order valence-corrected chi connectivity index (χ4v) is 3.75. The summed E-state index contributed by atoms with van der Waals surface area (Å²) in [7, 11) is 4.08. The number of hydrogen-bond donors (Lipinski definition) is 1. The third-order valence-corrected chi connectivity index (χ3v) is 5.32. The van der Waals surface area contributed by atoms with E-state index in [2.05, 4.69) is 4.90 Å². The average Bonchev–Trinajstić information content (AvgIpc) is 3.25. The van der Waals surface area contributed by atoms with E-state index in [1.165, 1.54) is 0 Å². The molecule has 8 nitrogen and oxygen atoms in total. The van der Waals surface area contributed by atoms with Gasteiger partial charge in [0, 0.05) is 31.7 Å². The predicted molar refractivity (Wildman–Crippen MR) is 104 cm³/mol. The van der Waals surface area contributed by atoms with E-state index in [-0.39, 0.29) is 17.4 Å². The lowest BCUT2D eigenvalue weighted by atomic mass is 9.73. The number of piperidine rings is 1. The van der Waals surface area contributed by atoms with Gasteiger partial charge in [0.05, 0.1) is 25.6 Å². The number of rotatable bonds is 6. The lowest BCUT2D eigenvalue weighted by Crippen LogP contribution is -2.58. The van der Waals surface area contributed by atoms with Crippen LogP contribution in [0.3, 0.4) is 0 Å². The van der Waals surface area contributed by atoms with Gasteiger partial charge in [-0.3, -0.25) is 4.79 Å². The summed E-state index contributed by atoms with van der Waals surface area (Å²) in [6, 6.07) is 3.48. The third kappa shape index (κ3) is 7.22. The number of amides is 1. The Kier molecular flexibility index (Phi) is 8.90. The summed E-state index contributed by atoms with van der Waals surface area (Å²) in [6.07, 6.45) is -0.420. The smallest absolute Gasteiger partial charge is 0.475 e. The number of likely N-dealkylation sites (tertiary alicyclic amines) is 1. The number of carboxylic acid groups (broad SMARTS) is 1. The second-order valence-electron chi connectivity index (χ2n) is 7.98. The highest BCUT2D eigenvalue weighted by Crippen LogP contribution is 2.40. The van der Waals surface area contributed by atoms with Crippen molar-refractivity contribution in [1.29, 1.82) is 0 Å². The zero-order valence-electron chi connectivity index (χ0n) is 17.7. The van der Waals surface area contributed by atoms with Gasteiger partial charge in [-0.1, -0.05) is 0 Å². The lowest BCUT2D eigenvalue weighted by molar-refractivity contribution is -0.192. The molecule has 2 fully saturated rings. The topological polar surface area (TPSA) is 92.5 Å². The Hall–Kier alpha value is -2.11. The number of aliphatic carboxylic acids is 1. The van der Waals surface area contributed by atoms with E-state index in [4.69, 9.17) is 23.8 Å². The van der Waals surface area contributed by atoms with Crippen LogP contribution in [0.2, 0.25) is 0 Å². The maximum absolute atomic E-state index is 12.6. The standard InChI is InChI=1S/C18H28N2O4.C2HF3O2/c1-19(2)9-12-22-14-18-7-4-11-24-16(18)6-8-20(13-18)17(21)15-5-3-10-23-15;3-2(4,5)1(6)7/h3,5,10,16H,4,6-9,11-14H2,1-2H3;(H,6,7). The van der Waals surface area contributed by atoms with Crippen LogP contribution in [-0.4, -0.2) is 92.6 Å². The maximum Gasteiger partial charge on any atom is 0.490 e. The molecule has 1 amide bonds. The molecule has 1 N–H and O–H groups in total. The Labute approximate surface area is 178 Å². The zero-order valence-corrected chi connectivity index (χ0v) is 17.7. The number of likely N-dealkylation sites (N-methyl/N-ethyl adjacent to an activating group) is 1. The molecule has 176 valence electrons. The summed E-state index contributed by atoms with van der Waals surface area (Å²) in [5, 5.41) is 7.12. The Balaban J connectivity index is 0.000000423. The monoisotopic (exact) mass is 450 g/mol. The van der Waals surface area contributed by atoms with Crippen LogP contribution in [0.5, 0.6) is 0 Å². The van der Waals surface area contributed by atoms with E-state index in [9.17, 15) is 18.0 Å². The van der Waals surface area contributed by atoms with E-state index in [0.717, 1.165) is 32.4 Å². The number of furan rings is 1. The van der Waals surface area contributed by atoms with E-state index in [1.807, 2.05) is 19.0 Å². The molecule has 31 heavy (non-hydrogen) atoms. The average molecular weight is 450 g/mol. The molecule has 1 aromatic rings. The van der Waals surface area contributed by atoms with Gasteiger partial charge in [0.1, 0.15) is 0 Å². The van der Waals surface area contributed by atoms with E-state index in [1.54, 1.807) is 18.4 Å². The Bertz CT molecular complexity index is 710. The van der Waals surface area contributed by atoms with Gasteiger partial charge in [0.25, 0.3) is 5.91 Å². The molecular weight excluding hydrogens is 421 g/mol. The second kappa shape index (κ2) is 11.0. The summed E-state index contributed by atoms with van der Waals surface area (Å²) >= 11 is 0. The van der Waals surface area contributed by atoms with Gasteiger partial charge in [0.15, 0.2) is 5.76 Å². The second-order valence-corrected chi connectivity index (χ2v) is 7.98. The number of carbonyl (C=O) groups is 2. The molecule has 2 saturated heterocycles. The molecule has 11 heteroatoms. The fraction of sp³-hybridized carbons (Fsp3) is 0.700. The number of hydrogen-bond acceptors (Lipinski definition) is 6. The summed E-state index contributed by atoms with van der Waals surface area (Å²) in [4.78, 5) is 25.5. The van der Waals surface area contributed by atoms with Crippen molar-refractivity contribution >= 4 is 11.9 Å². The quantitative estimate of drug-likeness (QED) is 0.666. The lowest BCUT2D eigenvalue weighted by Gasteiger charge is -2.50. The highest BCUT2D eigenvalue weighted by Gasteiger charge is 2.47. The van der Waals surface area contributed by atoms with Crippen LogP contribution < -0.4 is 0 Å². The minimum atomic E-state index is -5.08. The SMILES string of the molecule is CN(C)CCOCC12CCCOC1CCN(C(=O)c1ccco1)C2.O=C(O)C(F)(F)F.